The molecule has 160 valence electrons. The molecule has 1 saturated carbocycles. The number of aromatic nitrogens is 1. The molecule has 0 bridgehead atoms. The lowest BCUT2D eigenvalue weighted by atomic mass is 9.83. The van der Waals surface area contributed by atoms with Crippen LogP contribution in [-0.2, 0) is 11.3 Å². The Hall–Kier alpha value is -2.40. The van der Waals surface area contributed by atoms with E-state index in [9.17, 15) is 4.79 Å². The number of nitrogens with zero attached hydrogens (tertiary/aromatic N) is 2. The summed E-state index contributed by atoms with van der Waals surface area (Å²) in [5.41, 5.74) is 3.45. The Bertz CT molecular complexity index is 851. The predicted molar refractivity (Wildman–Crippen MR) is 118 cm³/mol. The zero-order valence-electron chi connectivity index (χ0n) is 18.1. The highest BCUT2D eigenvalue weighted by atomic mass is 16.5. The molecule has 2 atom stereocenters. The summed E-state index contributed by atoms with van der Waals surface area (Å²) in [6.45, 7) is 5.00. The molecule has 2 heterocycles. The lowest BCUT2D eigenvalue weighted by Gasteiger charge is -2.38. The number of hydrogen-bond donors (Lipinski definition) is 1. The minimum absolute atomic E-state index is 0.0264. The van der Waals surface area contributed by atoms with Crippen molar-refractivity contribution >= 4 is 5.91 Å². The van der Waals surface area contributed by atoms with Crippen molar-refractivity contribution in [2.45, 2.75) is 51.6 Å². The third-order valence-corrected chi connectivity index (χ3v) is 6.62. The molecule has 0 radical (unpaired) electrons. The fraction of sp³-hybridized carbons (Fsp3) is 0.520. The van der Waals surface area contributed by atoms with Crippen LogP contribution in [0.3, 0.4) is 0 Å². The lowest BCUT2D eigenvalue weighted by molar-refractivity contribution is -0.128. The lowest BCUT2D eigenvalue weighted by Crippen LogP contribution is -2.45. The number of carbonyl (C=O) groups is 1. The van der Waals surface area contributed by atoms with Crippen LogP contribution in [0, 0.1) is 18.8 Å². The third kappa shape index (κ3) is 4.84. The molecule has 1 aromatic heterocycles. The highest BCUT2D eigenvalue weighted by molar-refractivity contribution is 5.79. The van der Waals surface area contributed by atoms with E-state index >= 15 is 0 Å². The van der Waals surface area contributed by atoms with Gasteiger partial charge in [0.05, 0.1) is 18.8 Å². The Morgan fingerprint density at radius 1 is 1.23 bits per heavy atom. The molecule has 1 saturated heterocycles. The summed E-state index contributed by atoms with van der Waals surface area (Å²) in [6.07, 6.45) is 7.27. The van der Waals surface area contributed by atoms with E-state index < -0.39 is 0 Å². The van der Waals surface area contributed by atoms with Crippen LogP contribution in [0.15, 0.2) is 42.6 Å². The van der Waals surface area contributed by atoms with Gasteiger partial charge in [-0.2, -0.15) is 0 Å². The molecule has 4 rings (SSSR count). The molecule has 2 aromatic rings. The largest absolute Gasteiger partial charge is 0.496 e. The summed E-state index contributed by atoms with van der Waals surface area (Å²) in [6, 6.07) is 12.3. The molecule has 5 nitrogen and oxygen atoms in total. The van der Waals surface area contributed by atoms with E-state index in [1.54, 1.807) is 7.11 Å². The fourth-order valence-corrected chi connectivity index (χ4v) is 4.71. The van der Waals surface area contributed by atoms with Gasteiger partial charge in [-0.05, 0) is 63.3 Å². The first-order valence-electron chi connectivity index (χ1n) is 11.2. The number of piperidine rings is 1. The fourth-order valence-electron chi connectivity index (χ4n) is 4.71. The maximum atomic E-state index is 12.8. The average molecular weight is 408 g/mol. The van der Waals surface area contributed by atoms with Gasteiger partial charge in [-0.3, -0.25) is 14.7 Å². The van der Waals surface area contributed by atoms with Crippen LogP contribution in [-0.4, -0.2) is 36.0 Å². The van der Waals surface area contributed by atoms with Gasteiger partial charge in [-0.15, -0.1) is 0 Å². The van der Waals surface area contributed by atoms with E-state index in [0.717, 1.165) is 56.8 Å². The Labute approximate surface area is 179 Å². The van der Waals surface area contributed by atoms with E-state index in [-0.39, 0.29) is 17.9 Å². The van der Waals surface area contributed by atoms with Gasteiger partial charge in [0.25, 0.3) is 0 Å². The third-order valence-electron chi connectivity index (χ3n) is 6.62. The second-order valence-electron chi connectivity index (χ2n) is 8.82. The van der Waals surface area contributed by atoms with Crippen molar-refractivity contribution in [3.05, 3.63) is 59.4 Å². The molecular weight excluding hydrogens is 374 g/mol. The monoisotopic (exact) mass is 407 g/mol. The van der Waals surface area contributed by atoms with Crippen molar-refractivity contribution < 1.29 is 9.53 Å². The SMILES string of the molecule is COc1ccc(C)cc1CN1CCC[C@@H]([C@@H](NC(=O)C2CCC2)c2ccccn2)C1. The van der Waals surface area contributed by atoms with Crippen LogP contribution in [0.4, 0.5) is 0 Å². The summed E-state index contributed by atoms with van der Waals surface area (Å²) in [4.78, 5) is 19.9. The van der Waals surface area contributed by atoms with Gasteiger partial charge in [0.15, 0.2) is 0 Å². The minimum Gasteiger partial charge on any atom is -0.496 e. The molecule has 30 heavy (non-hydrogen) atoms. The summed E-state index contributed by atoms with van der Waals surface area (Å²) in [5.74, 6) is 1.69. The van der Waals surface area contributed by atoms with Gasteiger partial charge >= 0.3 is 0 Å². The molecule has 1 N–H and O–H groups in total. The highest BCUT2D eigenvalue weighted by Crippen LogP contribution is 2.33. The van der Waals surface area contributed by atoms with Gasteiger partial charge in [0.2, 0.25) is 5.91 Å². The van der Waals surface area contributed by atoms with E-state index in [0.29, 0.717) is 5.92 Å². The average Bonchev–Trinajstić information content (AvgIpc) is 2.72. The van der Waals surface area contributed by atoms with Crippen molar-refractivity contribution in [2.24, 2.45) is 11.8 Å². The van der Waals surface area contributed by atoms with Crippen LogP contribution in [0.25, 0.3) is 0 Å². The van der Waals surface area contributed by atoms with E-state index in [1.165, 1.54) is 17.5 Å². The second kappa shape index (κ2) is 9.61. The quantitative estimate of drug-likeness (QED) is 0.745. The van der Waals surface area contributed by atoms with Gasteiger partial charge < -0.3 is 10.1 Å². The standard InChI is InChI=1S/C25H33N3O2/c1-18-11-12-23(30-2)21(15-18)17-28-14-6-9-20(16-28)24(22-10-3-4-13-26-22)27-25(29)19-7-5-8-19/h3-4,10-13,15,19-20,24H,5-9,14,16-17H2,1-2H3,(H,27,29)/t20-,24-/m1/s1. The molecule has 1 aliphatic heterocycles. The first kappa shape index (κ1) is 20.9. The van der Waals surface area contributed by atoms with Gasteiger partial charge in [0.1, 0.15) is 5.75 Å². The van der Waals surface area contributed by atoms with Gasteiger partial charge in [-0.1, -0.05) is 30.2 Å². The number of hydrogen-bond acceptors (Lipinski definition) is 4. The smallest absolute Gasteiger partial charge is 0.223 e. The Balaban J connectivity index is 1.50. The van der Waals surface area contributed by atoms with Crippen LogP contribution in [0.5, 0.6) is 5.75 Å². The van der Waals surface area contributed by atoms with Crippen molar-refractivity contribution in [3.8, 4) is 5.75 Å². The number of ether oxygens (including phenoxy) is 1. The predicted octanol–water partition coefficient (Wildman–Crippen LogP) is 4.27. The van der Waals surface area contributed by atoms with Gasteiger partial charge in [0, 0.05) is 30.8 Å². The first-order valence-corrected chi connectivity index (χ1v) is 11.2. The zero-order chi connectivity index (χ0) is 20.9. The van der Waals surface area contributed by atoms with Crippen molar-refractivity contribution in [1.82, 2.24) is 15.2 Å². The summed E-state index contributed by atoms with van der Waals surface area (Å²) < 4.78 is 5.59. The number of aryl methyl sites for hydroxylation is 1. The Kier molecular flexibility index (Phi) is 6.68. The molecular formula is C25H33N3O2. The zero-order valence-corrected chi connectivity index (χ0v) is 18.1. The number of methoxy groups -OCH3 is 1. The van der Waals surface area contributed by atoms with Crippen LogP contribution in [0.1, 0.15) is 55.0 Å². The molecule has 2 fully saturated rings. The van der Waals surface area contributed by atoms with E-state index in [1.807, 2.05) is 24.4 Å². The first-order chi connectivity index (χ1) is 14.6. The van der Waals surface area contributed by atoms with E-state index in [4.69, 9.17) is 4.74 Å². The molecule has 1 aromatic carbocycles. The topological polar surface area (TPSA) is 54.5 Å². The number of amides is 1. The van der Waals surface area contributed by atoms with Crippen molar-refractivity contribution in [2.75, 3.05) is 20.2 Å². The van der Waals surface area contributed by atoms with Gasteiger partial charge in [-0.25, -0.2) is 0 Å². The second-order valence-corrected chi connectivity index (χ2v) is 8.82. The molecule has 1 amide bonds. The number of likely N-dealkylation sites (tertiary alicyclic amines) is 1. The normalized spacial score (nSPS) is 20.9. The van der Waals surface area contributed by atoms with Crippen LogP contribution >= 0.6 is 0 Å². The summed E-state index contributed by atoms with van der Waals surface area (Å²) in [7, 11) is 1.74. The summed E-state index contributed by atoms with van der Waals surface area (Å²) in [5, 5.41) is 3.37. The minimum atomic E-state index is -0.0264. The van der Waals surface area contributed by atoms with Crippen LogP contribution < -0.4 is 10.1 Å². The highest BCUT2D eigenvalue weighted by Gasteiger charge is 2.33. The van der Waals surface area contributed by atoms with Crippen molar-refractivity contribution in [3.63, 3.8) is 0 Å². The molecule has 0 spiro atoms. The molecule has 1 aliphatic carbocycles. The Morgan fingerprint density at radius 3 is 2.80 bits per heavy atom. The molecule has 0 unspecified atom stereocenters. The molecule has 5 heteroatoms. The molecule has 2 aliphatic rings. The number of rotatable bonds is 7. The number of nitrogens with one attached hydrogen (secondary N) is 1. The number of carbonyl (C=O) groups excluding carboxylic acids is 1. The van der Waals surface area contributed by atoms with E-state index in [2.05, 4.69) is 40.3 Å². The number of pyridine rings is 1. The maximum absolute atomic E-state index is 12.8. The Morgan fingerprint density at radius 2 is 2.10 bits per heavy atom. The van der Waals surface area contributed by atoms with Crippen molar-refractivity contribution in [1.29, 1.82) is 0 Å². The number of benzene rings is 1. The summed E-state index contributed by atoms with van der Waals surface area (Å²) >= 11 is 0. The van der Waals surface area contributed by atoms with Crippen LogP contribution in [0.2, 0.25) is 0 Å². The maximum Gasteiger partial charge on any atom is 0.223 e.